The molecule has 0 radical (unpaired) electrons. The number of halogens is 3. The maximum absolute atomic E-state index is 12.3. The molecule has 120 valence electrons. The molecule has 0 aliphatic rings. The first-order chi connectivity index (χ1) is 10.9. The van der Waals surface area contributed by atoms with Crippen LogP contribution < -0.4 is 10.1 Å². The Morgan fingerprint density at radius 1 is 1.26 bits per heavy atom. The Morgan fingerprint density at radius 2 is 2.04 bits per heavy atom. The largest absolute Gasteiger partial charge is 0.484 e. The van der Waals surface area contributed by atoms with E-state index < -0.39 is 12.8 Å². The summed E-state index contributed by atoms with van der Waals surface area (Å²) in [5.74, 6) is 0.572. The first kappa shape index (κ1) is 16.5. The average molecular weight is 322 g/mol. The first-order valence-corrected chi connectivity index (χ1v) is 6.62. The molecule has 0 unspecified atom stereocenters. The summed E-state index contributed by atoms with van der Waals surface area (Å²) >= 11 is 0. The molecule has 1 N–H and O–H groups in total. The van der Waals surface area contributed by atoms with Crippen molar-refractivity contribution in [2.45, 2.75) is 19.6 Å². The summed E-state index contributed by atoms with van der Waals surface area (Å²) in [7, 11) is 0. The first-order valence-electron chi connectivity index (χ1n) is 6.62. The van der Waals surface area contributed by atoms with Crippen LogP contribution in [-0.2, 0) is 6.54 Å². The van der Waals surface area contributed by atoms with Crippen LogP contribution in [0.2, 0.25) is 0 Å². The Labute approximate surface area is 130 Å². The Morgan fingerprint density at radius 3 is 2.65 bits per heavy atom. The predicted octanol–water partition coefficient (Wildman–Crippen LogP) is 3.21. The molecule has 0 spiro atoms. The van der Waals surface area contributed by atoms with E-state index >= 15 is 0 Å². The van der Waals surface area contributed by atoms with Gasteiger partial charge in [-0.3, -0.25) is 0 Å². The summed E-state index contributed by atoms with van der Waals surface area (Å²) in [6.45, 7) is 0.637. The van der Waals surface area contributed by atoms with Crippen molar-refractivity contribution in [1.82, 2.24) is 9.97 Å². The summed E-state index contributed by atoms with van der Waals surface area (Å²) in [5, 5.41) is 11.6. The lowest BCUT2D eigenvalue weighted by Crippen LogP contribution is -2.20. The standard InChI is InChI=1S/C15H13F3N4O/c1-10-2-3-11(13(4-10)23-9-15(16,17)18)6-21-14-8-20-12(5-19)7-22-14/h2-4,7-8H,6,9H2,1H3,(H,21,22). The van der Waals surface area contributed by atoms with Crippen molar-refractivity contribution in [2.24, 2.45) is 0 Å². The zero-order valence-corrected chi connectivity index (χ0v) is 12.2. The second-order valence-electron chi connectivity index (χ2n) is 4.77. The molecule has 2 rings (SSSR count). The van der Waals surface area contributed by atoms with Gasteiger partial charge >= 0.3 is 6.18 Å². The minimum atomic E-state index is -4.40. The van der Waals surface area contributed by atoms with E-state index in [0.717, 1.165) is 5.56 Å². The minimum Gasteiger partial charge on any atom is -0.484 e. The maximum Gasteiger partial charge on any atom is 0.422 e. The van der Waals surface area contributed by atoms with Crippen LogP contribution in [0, 0.1) is 18.3 Å². The highest BCUT2D eigenvalue weighted by Gasteiger charge is 2.28. The number of nitrogens with one attached hydrogen (secondary N) is 1. The molecule has 0 aliphatic heterocycles. The van der Waals surface area contributed by atoms with Gasteiger partial charge in [-0.1, -0.05) is 12.1 Å². The third-order valence-electron chi connectivity index (χ3n) is 2.84. The van der Waals surface area contributed by atoms with E-state index in [-0.39, 0.29) is 18.0 Å². The second kappa shape index (κ2) is 6.96. The molecule has 8 heteroatoms. The number of hydrogen-bond donors (Lipinski definition) is 1. The summed E-state index contributed by atoms with van der Waals surface area (Å²) in [4.78, 5) is 7.83. The van der Waals surface area contributed by atoms with Gasteiger partial charge in [-0.25, -0.2) is 9.97 Å². The van der Waals surface area contributed by atoms with E-state index in [0.29, 0.717) is 11.4 Å². The molecular weight excluding hydrogens is 309 g/mol. The van der Waals surface area contributed by atoms with Gasteiger partial charge in [-0.15, -0.1) is 0 Å². The minimum absolute atomic E-state index is 0.163. The van der Waals surface area contributed by atoms with Crippen molar-refractivity contribution in [3.8, 4) is 11.8 Å². The van der Waals surface area contributed by atoms with Gasteiger partial charge in [0.2, 0.25) is 0 Å². The van der Waals surface area contributed by atoms with Crippen molar-refractivity contribution in [1.29, 1.82) is 5.26 Å². The van der Waals surface area contributed by atoms with Crippen molar-refractivity contribution >= 4 is 5.82 Å². The zero-order chi connectivity index (χ0) is 16.9. The number of hydrogen-bond acceptors (Lipinski definition) is 5. The van der Waals surface area contributed by atoms with Crippen LogP contribution in [0.5, 0.6) is 5.75 Å². The molecule has 0 atom stereocenters. The SMILES string of the molecule is Cc1ccc(CNc2cnc(C#N)cn2)c(OCC(F)(F)F)c1. The smallest absolute Gasteiger partial charge is 0.422 e. The lowest BCUT2D eigenvalue weighted by molar-refractivity contribution is -0.153. The predicted molar refractivity (Wildman–Crippen MR) is 76.8 cm³/mol. The van der Waals surface area contributed by atoms with Crippen LogP contribution in [0.1, 0.15) is 16.8 Å². The topological polar surface area (TPSA) is 70.8 Å². The average Bonchev–Trinajstić information content (AvgIpc) is 2.52. The van der Waals surface area contributed by atoms with Crippen molar-refractivity contribution in [3.05, 3.63) is 47.4 Å². The fourth-order valence-corrected chi connectivity index (χ4v) is 1.76. The summed E-state index contributed by atoms with van der Waals surface area (Å²) < 4.78 is 41.8. The van der Waals surface area contributed by atoms with Gasteiger partial charge in [0, 0.05) is 12.1 Å². The highest BCUT2D eigenvalue weighted by atomic mass is 19.4. The van der Waals surface area contributed by atoms with Crippen molar-refractivity contribution in [3.63, 3.8) is 0 Å². The highest BCUT2D eigenvalue weighted by molar-refractivity contribution is 5.41. The number of alkyl halides is 3. The number of anilines is 1. The molecule has 0 saturated carbocycles. The Kier molecular flexibility index (Phi) is 5.01. The monoisotopic (exact) mass is 322 g/mol. The zero-order valence-electron chi connectivity index (χ0n) is 12.2. The Hall–Kier alpha value is -2.82. The fraction of sp³-hybridized carbons (Fsp3) is 0.267. The van der Waals surface area contributed by atoms with Gasteiger partial charge in [-0.2, -0.15) is 18.4 Å². The van der Waals surface area contributed by atoms with Gasteiger partial charge in [0.05, 0.1) is 12.4 Å². The normalized spacial score (nSPS) is 10.9. The third-order valence-corrected chi connectivity index (χ3v) is 2.84. The molecule has 1 aromatic heterocycles. The van der Waals surface area contributed by atoms with E-state index in [1.54, 1.807) is 25.1 Å². The van der Waals surface area contributed by atoms with Crippen LogP contribution in [-0.4, -0.2) is 22.8 Å². The van der Waals surface area contributed by atoms with E-state index in [2.05, 4.69) is 15.3 Å². The summed E-state index contributed by atoms with van der Waals surface area (Å²) in [6, 6.07) is 6.86. The van der Waals surface area contributed by atoms with Gasteiger partial charge in [0.1, 0.15) is 17.6 Å². The van der Waals surface area contributed by atoms with Crippen molar-refractivity contribution in [2.75, 3.05) is 11.9 Å². The molecule has 1 aromatic carbocycles. The summed E-state index contributed by atoms with van der Waals surface area (Å²) in [6.07, 6.45) is -1.71. The van der Waals surface area contributed by atoms with Crippen LogP contribution in [0.15, 0.2) is 30.6 Å². The molecule has 1 heterocycles. The third kappa shape index (κ3) is 5.14. The molecule has 5 nitrogen and oxygen atoms in total. The molecule has 0 aliphatic carbocycles. The molecular formula is C15H13F3N4O. The van der Waals surface area contributed by atoms with Crippen LogP contribution >= 0.6 is 0 Å². The van der Waals surface area contributed by atoms with Gasteiger partial charge in [0.15, 0.2) is 12.3 Å². The van der Waals surface area contributed by atoms with E-state index in [4.69, 9.17) is 10.00 Å². The van der Waals surface area contributed by atoms with Gasteiger partial charge in [-0.05, 0) is 18.6 Å². The molecule has 0 fully saturated rings. The van der Waals surface area contributed by atoms with Crippen LogP contribution in [0.3, 0.4) is 0 Å². The molecule has 0 saturated heterocycles. The van der Waals surface area contributed by atoms with E-state index in [1.807, 2.05) is 6.07 Å². The fourth-order valence-electron chi connectivity index (χ4n) is 1.76. The Bertz CT molecular complexity index is 708. The highest BCUT2D eigenvalue weighted by Crippen LogP contribution is 2.24. The van der Waals surface area contributed by atoms with E-state index in [1.165, 1.54) is 12.4 Å². The number of aromatic nitrogens is 2. The number of rotatable bonds is 5. The molecule has 0 amide bonds. The number of nitriles is 1. The molecule has 23 heavy (non-hydrogen) atoms. The van der Waals surface area contributed by atoms with Gasteiger partial charge in [0.25, 0.3) is 0 Å². The second-order valence-corrected chi connectivity index (χ2v) is 4.77. The van der Waals surface area contributed by atoms with Gasteiger partial charge < -0.3 is 10.1 Å². The Balaban J connectivity index is 2.07. The lowest BCUT2D eigenvalue weighted by Gasteiger charge is -2.14. The quantitative estimate of drug-likeness (QED) is 0.915. The molecule has 2 aromatic rings. The lowest BCUT2D eigenvalue weighted by atomic mass is 10.1. The van der Waals surface area contributed by atoms with Crippen LogP contribution in [0.4, 0.5) is 19.0 Å². The number of benzene rings is 1. The number of ether oxygens (including phenoxy) is 1. The summed E-state index contributed by atoms with van der Waals surface area (Å²) in [5.41, 5.74) is 1.54. The number of nitrogens with zero attached hydrogens (tertiary/aromatic N) is 3. The molecule has 0 bridgehead atoms. The maximum atomic E-state index is 12.3. The van der Waals surface area contributed by atoms with Crippen LogP contribution in [0.25, 0.3) is 0 Å². The number of aryl methyl sites for hydroxylation is 1. The van der Waals surface area contributed by atoms with Crippen molar-refractivity contribution < 1.29 is 17.9 Å². The van der Waals surface area contributed by atoms with E-state index in [9.17, 15) is 13.2 Å².